The van der Waals surface area contributed by atoms with Crippen molar-refractivity contribution in [3.63, 3.8) is 0 Å². The second kappa shape index (κ2) is 11.4. The monoisotopic (exact) mass is 511 g/mol. The molecule has 3 aliphatic rings. The first-order valence-electron chi connectivity index (χ1n) is 13.1. The average Bonchev–Trinajstić information content (AvgIpc) is 3.68. The van der Waals surface area contributed by atoms with Crippen LogP contribution in [0, 0.1) is 5.41 Å². The van der Waals surface area contributed by atoms with Crippen LogP contribution in [0.3, 0.4) is 0 Å². The Hall–Kier alpha value is -2.33. The first kappa shape index (κ1) is 25.3. The molecule has 9 heteroatoms. The number of amides is 1. The predicted molar refractivity (Wildman–Crippen MR) is 145 cm³/mol. The number of hydrogen-bond donors (Lipinski definition) is 3. The Morgan fingerprint density at radius 3 is 2.58 bits per heavy atom. The minimum absolute atomic E-state index is 0.0379. The third kappa shape index (κ3) is 5.96. The summed E-state index contributed by atoms with van der Waals surface area (Å²) in [5.74, 6) is 1.27. The van der Waals surface area contributed by atoms with Gasteiger partial charge in [-0.25, -0.2) is 4.98 Å². The fraction of sp³-hybridized carbons (Fsp3) is 0.556. The van der Waals surface area contributed by atoms with Crippen LogP contribution in [0.25, 0.3) is 0 Å². The van der Waals surface area contributed by atoms with E-state index in [4.69, 9.17) is 9.72 Å². The van der Waals surface area contributed by atoms with Gasteiger partial charge in [-0.05, 0) is 79.8 Å². The number of aliphatic hydroxyl groups is 1. The molecule has 1 saturated carbocycles. The van der Waals surface area contributed by atoms with Crippen LogP contribution in [0.5, 0.6) is 0 Å². The van der Waals surface area contributed by atoms with E-state index in [0.717, 1.165) is 49.0 Å². The molecule has 2 aliphatic heterocycles. The van der Waals surface area contributed by atoms with Gasteiger partial charge in [0, 0.05) is 37.1 Å². The number of carbonyl (C=O) groups excluding carboxylic acids is 1. The molecule has 2 aromatic rings. The van der Waals surface area contributed by atoms with Crippen LogP contribution in [-0.4, -0.2) is 68.0 Å². The van der Waals surface area contributed by atoms with Crippen molar-refractivity contribution < 1.29 is 14.6 Å². The minimum atomic E-state index is -0.144. The lowest BCUT2D eigenvalue weighted by Gasteiger charge is -2.35. The largest absolute Gasteiger partial charge is 0.395 e. The summed E-state index contributed by atoms with van der Waals surface area (Å²) < 4.78 is 8.79. The molecule has 8 nitrogen and oxygen atoms in total. The number of nitrogens with zero attached hydrogens (tertiary/aromatic N) is 3. The van der Waals surface area contributed by atoms with E-state index in [-0.39, 0.29) is 18.6 Å². The van der Waals surface area contributed by atoms with E-state index in [1.54, 1.807) is 0 Å². The van der Waals surface area contributed by atoms with Gasteiger partial charge in [0.25, 0.3) is 5.91 Å². The van der Waals surface area contributed by atoms with E-state index in [2.05, 4.69) is 32.8 Å². The SMILES string of the molecule is CCC(CO)NSc1ccc(C(=O)Nc2cccc(N3CCOCC3)n2)c(N2CCC3(CC2)CC3)c1. The van der Waals surface area contributed by atoms with Gasteiger partial charge in [-0.3, -0.25) is 9.52 Å². The highest BCUT2D eigenvalue weighted by molar-refractivity contribution is 7.97. The normalized spacial score (nSPS) is 19.8. The van der Waals surface area contributed by atoms with Crippen LogP contribution >= 0.6 is 11.9 Å². The van der Waals surface area contributed by atoms with Crippen molar-refractivity contribution in [1.82, 2.24) is 9.71 Å². The Morgan fingerprint density at radius 1 is 1.11 bits per heavy atom. The molecule has 3 fully saturated rings. The third-order valence-electron chi connectivity index (χ3n) is 7.70. The molecule has 3 N–H and O–H groups in total. The number of pyridine rings is 1. The Morgan fingerprint density at radius 2 is 1.89 bits per heavy atom. The average molecular weight is 512 g/mol. The maximum Gasteiger partial charge on any atom is 0.258 e. The second-order valence-corrected chi connectivity index (χ2v) is 11.0. The summed E-state index contributed by atoms with van der Waals surface area (Å²) in [4.78, 5) is 23.8. The highest BCUT2D eigenvalue weighted by atomic mass is 32.2. The van der Waals surface area contributed by atoms with E-state index in [9.17, 15) is 9.90 Å². The Bertz CT molecular complexity index is 1040. The molecule has 1 aliphatic carbocycles. The molecular weight excluding hydrogens is 474 g/mol. The van der Waals surface area contributed by atoms with Gasteiger partial charge in [-0.1, -0.05) is 13.0 Å². The number of hydrogen-bond acceptors (Lipinski definition) is 8. The number of morpholine rings is 1. The van der Waals surface area contributed by atoms with Gasteiger partial charge in [0.2, 0.25) is 0 Å². The van der Waals surface area contributed by atoms with Crippen molar-refractivity contribution in [2.24, 2.45) is 5.41 Å². The fourth-order valence-corrected chi connectivity index (χ4v) is 5.82. The highest BCUT2D eigenvalue weighted by Gasteiger charge is 2.44. The molecule has 3 heterocycles. The molecule has 194 valence electrons. The highest BCUT2D eigenvalue weighted by Crippen LogP contribution is 2.54. The molecule has 5 rings (SSSR count). The first-order valence-corrected chi connectivity index (χ1v) is 13.9. The van der Waals surface area contributed by atoms with E-state index >= 15 is 0 Å². The van der Waals surface area contributed by atoms with Crippen molar-refractivity contribution in [2.45, 2.75) is 50.0 Å². The standard InChI is InChI=1S/C27H37N5O3S/c1-2-20(19-33)30-36-21-6-7-22(23(18-21)31-12-10-27(8-9-27)11-13-31)26(34)29-24-4-3-5-25(28-24)32-14-16-35-17-15-32/h3-7,18,20,30,33H,2,8-17,19H2,1H3,(H,28,29,34). The summed E-state index contributed by atoms with van der Waals surface area (Å²) in [7, 11) is 0. The number of rotatable bonds is 9. The van der Waals surface area contributed by atoms with E-state index in [1.807, 2.05) is 30.3 Å². The van der Waals surface area contributed by atoms with Crippen LogP contribution in [-0.2, 0) is 4.74 Å². The fourth-order valence-electron chi connectivity index (χ4n) is 4.97. The molecular formula is C27H37N5O3S. The zero-order valence-electron chi connectivity index (χ0n) is 21.0. The van der Waals surface area contributed by atoms with Gasteiger partial charge in [-0.15, -0.1) is 0 Å². The van der Waals surface area contributed by atoms with Crippen LogP contribution < -0.4 is 19.8 Å². The maximum absolute atomic E-state index is 13.5. The van der Waals surface area contributed by atoms with Gasteiger partial charge in [-0.2, -0.15) is 0 Å². The summed E-state index contributed by atoms with van der Waals surface area (Å²) >= 11 is 1.51. The van der Waals surface area contributed by atoms with Crippen molar-refractivity contribution in [1.29, 1.82) is 0 Å². The van der Waals surface area contributed by atoms with Gasteiger partial charge in [0.15, 0.2) is 0 Å². The Kier molecular flexibility index (Phi) is 8.00. The summed E-state index contributed by atoms with van der Waals surface area (Å²) in [6, 6.07) is 11.8. The van der Waals surface area contributed by atoms with E-state index < -0.39 is 0 Å². The molecule has 2 saturated heterocycles. The van der Waals surface area contributed by atoms with Crippen molar-refractivity contribution in [3.05, 3.63) is 42.0 Å². The van der Waals surface area contributed by atoms with Gasteiger partial charge < -0.3 is 25.0 Å². The Balaban J connectivity index is 1.34. The van der Waals surface area contributed by atoms with Crippen LogP contribution in [0.4, 0.5) is 17.3 Å². The van der Waals surface area contributed by atoms with Crippen LogP contribution in [0.15, 0.2) is 41.3 Å². The molecule has 1 aromatic carbocycles. The van der Waals surface area contributed by atoms with E-state index in [0.29, 0.717) is 30.0 Å². The van der Waals surface area contributed by atoms with Crippen molar-refractivity contribution in [3.8, 4) is 0 Å². The summed E-state index contributed by atoms with van der Waals surface area (Å²) in [5, 5.41) is 12.6. The lowest BCUT2D eigenvalue weighted by molar-refractivity contribution is 0.102. The van der Waals surface area contributed by atoms with Crippen molar-refractivity contribution >= 4 is 35.2 Å². The smallest absolute Gasteiger partial charge is 0.258 e. The van der Waals surface area contributed by atoms with Crippen LogP contribution in [0.2, 0.25) is 0 Å². The van der Waals surface area contributed by atoms with E-state index in [1.165, 1.54) is 37.6 Å². The third-order valence-corrected chi connectivity index (χ3v) is 8.64. The summed E-state index contributed by atoms with van der Waals surface area (Å²) in [5.41, 5.74) is 2.20. The second-order valence-electron chi connectivity index (χ2n) is 10.1. The van der Waals surface area contributed by atoms with Gasteiger partial charge in [0.05, 0.1) is 31.1 Å². The molecule has 36 heavy (non-hydrogen) atoms. The number of piperidine rings is 1. The lowest BCUT2D eigenvalue weighted by Crippen LogP contribution is -2.37. The first-order chi connectivity index (χ1) is 17.6. The van der Waals surface area contributed by atoms with Crippen molar-refractivity contribution in [2.75, 3.05) is 61.1 Å². The number of nitrogens with one attached hydrogen (secondary N) is 2. The van der Waals surface area contributed by atoms with Gasteiger partial charge >= 0.3 is 0 Å². The summed E-state index contributed by atoms with van der Waals surface area (Å²) in [6.45, 7) is 7.07. The van der Waals surface area contributed by atoms with Crippen LogP contribution in [0.1, 0.15) is 49.4 Å². The lowest BCUT2D eigenvalue weighted by atomic mass is 9.93. The quantitative estimate of drug-likeness (QED) is 0.437. The topological polar surface area (TPSA) is 90.0 Å². The molecule has 1 spiro atoms. The number of aromatic nitrogens is 1. The number of aliphatic hydroxyl groups excluding tert-OH is 1. The molecule has 0 bridgehead atoms. The zero-order valence-corrected chi connectivity index (χ0v) is 21.9. The molecule has 0 radical (unpaired) electrons. The number of anilines is 3. The molecule has 1 aromatic heterocycles. The summed E-state index contributed by atoms with van der Waals surface area (Å²) in [6.07, 6.45) is 5.92. The zero-order chi connectivity index (χ0) is 25.0. The molecule has 1 amide bonds. The predicted octanol–water partition coefficient (Wildman–Crippen LogP) is 3.92. The Labute approximate surface area is 217 Å². The number of carbonyl (C=O) groups is 1. The minimum Gasteiger partial charge on any atom is -0.395 e. The van der Waals surface area contributed by atoms with Gasteiger partial charge in [0.1, 0.15) is 11.6 Å². The molecule has 1 atom stereocenters. The molecule has 1 unspecified atom stereocenters. The number of benzene rings is 1. The number of ether oxygens (including phenoxy) is 1. The maximum atomic E-state index is 13.5.